The fraction of sp³-hybridized carbons (Fsp3) is 0.950. The first-order valence-electron chi connectivity index (χ1n) is 9.91. The number of hydrogen-bond donors (Lipinski definition) is 2. The quantitative estimate of drug-likeness (QED) is 0.591. The maximum absolute atomic E-state index is 11.3. The Hall–Kier alpha value is -0.570. The zero-order valence-corrected chi connectivity index (χ0v) is 16.4. The van der Waals surface area contributed by atoms with Crippen molar-refractivity contribution in [1.82, 2.24) is 10.6 Å². The van der Waals surface area contributed by atoms with Gasteiger partial charge in [-0.25, -0.2) is 0 Å². The summed E-state index contributed by atoms with van der Waals surface area (Å²) in [6.45, 7) is 12.7. The third-order valence-electron chi connectivity index (χ3n) is 4.22. The van der Waals surface area contributed by atoms with Gasteiger partial charge in [-0.1, -0.05) is 73.1 Å². The van der Waals surface area contributed by atoms with Crippen LogP contribution in [0.15, 0.2) is 0 Å². The van der Waals surface area contributed by atoms with Crippen LogP contribution in [0.1, 0.15) is 92.4 Å². The Morgan fingerprint density at radius 3 is 2.04 bits per heavy atom. The second-order valence-electron chi connectivity index (χ2n) is 7.86. The van der Waals surface area contributed by atoms with Gasteiger partial charge in [-0.15, -0.1) is 0 Å². The van der Waals surface area contributed by atoms with E-state index in [1.807, 2.05) is 0 Å². The summed E-state index contributed by atoms with van der Waals surface area (Å²) in [6.07, 6.45) is 11.5. The van der Waals surface area contributed by atoms with E-state index in [0.717, 1.165) is 25.4 Å². The molecule has 1 amide bonds. The van der Waals surface area contributed by atoms with Crippen LogP contribution in [0.25, 0.3) is 0 Å². The van der Waals surface area contributed by atoms with Crippen molar-refractivity contribution in [2.75, 3.05) is 13.1 Å². The molecule has 23 heavy (non-hydrogen) atoms. The van der Waals surface area contributed by atoms with E-state index in [2.05, 4.69) is 45.3 Å². The van der Waals surface area contributed by atoms with Crippen LogP contribution < -0.4 is 10.6 Å². The monoisotopic (exact) mass is 326 g/mol. The zero-order valence-electron chi connectivity index (χ0n) is 16.4. The van der Waals surface area contributed by atoms with E-state index in [4.69, 9.17) is 0 Å². The second kappa shape index (κ2) is 15.0. The molecule has 0 bridgehead atoms. The van der Waals surface area contributed by atoms with E-state index >= 15 is 0 Å². The zero-order chi connectivity index (χ0) is 17.5. The van der Waals surface area contributed by atoms with Crippen LogP contribution in [0, 0.1) is 11.8 Å². The lowest BCUT2D eigenvalue weighted by Crippen LogP contribution is -2.26. The normalized spacial score (nSPS) is 15.4. The minimum Gasteiger partial charge on any atom is -0.356 e. The maximum atomic E-state index is 11.3. The van der Waals surface area contributed by atoms with Crippen LogP contribution in [0.2, 0.25) is 0 Å². The lowest BCUT2D eigenvalue weighted by atomic mass is 9.91. The Labute approximate surface area is 145 Å². The fourth-order valence-electron chi connectivity index (χ4n) is 2.79. The Bertz CT molecular complexity index is 271. The summed E-state index contributed by atoms with van der Waals surface area (Å²) < 4.78 is 0. The summed E-state index contributed by atoms with van der Waals surface area (Å²) in [5, 5.41) is 6.34. The van der Waals surface area contributed by atoms with Gasteiger partial charge in [-0.2, -0.15) is 0 Å². The highest BCUT2D eigenvalue weighted by atomic mass is 16.1. The van der Waals surface area contributed by atoms with Crippen LogP contribution in [-0.4, -0.2) is 25.0 Å². The van der Waals surface area contributed by atoms with E-state index in [1.54, 1.807) is 0 Å². The molecule has 0 atom stereocenters. The van der Waals surface area contributed by atoms with E-state index in [-0.39, 0.29) is 5.91 Å². The topological polar surface area (TPSA) is 41.1 Å². The fourth-order valence-corrected chi connectivity index (χ4v) is 2.79. The van der Waals surface area contributed by atoms with Gasteiger partial charge in [0.05, 0.1) is 0 Å². The number of rotatable bonds is 9. The average Bonchev–Trinajstić information content (AvgIpc) is 2.46. The summed E-state index contributed by atoms with van der Waals surface area (Å²) in [4.78, 5) is 11.3. The molecule has 1 rings (SSSR count). The molecule has 0 aromatic heterocycles. The molecule has 0 aromatic rings. The predicted molar refractivity (Wildman–Crippen MR) is 102 cm³/mol. The Morgan fingerprint density at radius 1 is 0.957 bits per heavy atom. The van der Waals surface area contributed by atoms with Crippen molar-refractivity contribution in [2.24, 2.45) is 11.8 Å². The minimum atomic E-state index is 0.190. The van der Waals surface area contributed by atoms with Crippen molar-refractivity contribution in [2.45, 2.75) is 98.4 Å². The maximum Gasteiger partial charge on any atom is 0.220 e. The van der Waals surface area contributed by atoms with Crippen LogP contribution in [0.3, 0.4) is 0 Å². The van der Waals surface area contributed by atoms with Gasteiger partial charge in [0.1, 0.15) is 0 Å². The van der Waals surface area contributed by atoms with Crippen LogP contribution >= 0.6 is 0 Å². The van der Waals surface area contributed by atoms with Crippen LogP contribution in [-0.2, 0) is 4.79 Å². The van der Waals surface area contributed by atoms with Gasteiger partial charge in [0.15, 0.2) is 0 Å². The van der Waals surface area contributed by atoms with Crippen molar-refractivity contribution in [3.05, 3.63) is 0 Å². The molecule has 1 aliphatic rings. The number of carbonyl (C=O) groups excluding carboxylic acids is 1. The number of amides is 1. The minimum absolute atomic E-state index is 0.190. The molecule has 0 unspecified atom stereocenters. The molecular weight excluding hydrogens is 284 g/mol. The van der Waals surface area contributed by atoms with Gasteiger partial charge in [-0.3, -0.25) is 4.79 Å². The summed E-state index contributed by atoms with van der Waals surface area (Å²) in [7, 11) is 0. The first-order valence-corrected chi connectivity index (χ1v) is 9.91. The van der Waals surface area contributed by atoms with Crippen molar-refractivity contribution in [3.63, 3.8) is 0 Å². The molecule has 0 aliphatic heterocycles. The summed E-state index contributed by atoms with van der Waals surface area (Å²) >= 11 is 0. The predicted octanol–water partition coefficient (Wildman–Crippen LogP) is 4.90. The Balaban J connectivity index is 0.000000568. The highest BCUT2D eigenvalue weighted by Gasteiger charge is 2.06. The number of carbonyl (C=O) groups is 1. The van der Waals surface area contributed by atoms with Crippen molar-refractivity contribution >= 4 is 5.91 Å². The first kappa shape index (κ1) is 22.4. The SMILES string of the molecule is CC(C)CC(=O)NCCCCCNC(C)C.CC1CCCCC1. The molecule has 0 saturated heterocycles. The standard InChI is InChI=1S/C13H28N2O.C7H14/c1-11(2)10-13(16)15-9-7-5-6-8-14-12(3)4;1-7-5-3-2-4-6-7/h11-12,14H,5-10H2,1-4H3,(H,15,16);7H,2-6H2,1H3. The molecule has 0 heterocycles. The highest BCUT2D eigenvalue weighted by Crippen LogP contribution is 2.22. The Morgan fingerprint density at radius 2 is 1.57 bits per heavy atom. The molecule has 1 aliphatic carbocycles. The van der Waals surface area contributed by atoms with Gasteiger partial charge in [0.2, 0.25) is 5.91 Å². The van der Waals surface area contributed by atoms with Gasteiger partial charge in [0.25, 0.3) is 0 Å². The van der Waals surface area contributed by atoms with E-state index in [1.165, 1.54) is 44.9 Å². The first-order chi connectivity index (χ1) is 10.9. The lowest BCUT2D eigenvalue weighted by molar-refractivity contribution is -0.121. The number of unbranched alkanes of at least 4 members (excludes halogenated alkanes) is 2. The van der Waals surface area contributed by atoms with Crippen molar-refractivity contribution in [1.29, 1.82) is 0 Å². The number of hydrogen-bond acceptors (Lipinski definition) is 2. The van der Waals surface area contributed by atoms with Gasteiger partial charge >= 0.3 is 0 Å². The van der Waals surface area contributed by atoms with Crippen LogP contribution in [0.4, 0.5) is 0 Å². The summed E-state index contributed by atoms with van der Waals surface area (Å²) in [5.41, 5.74) is 0. The van der Waals surface area contributed by atoms with Crippen LogP contribution in [0.5, 0.6) is 0 Å². The third-order valence-corrected chi connectivity index (χ3v) is 4.22. The van der Waals surface area contributed by atoms with Gasteiger partial charge in [-0.05, 0) is 31.2 Å². The molecule has 0 radical (unpaired) electrons. The molecule has 3 nitrogen and oxygen atoms in total. The van der Waals surface area contributed by atoms with E-state index in [9.17, 15) is 4.79 Å². The molecule has 1 saturated carbocycles. The molecule has 3 heteroatoms. The molecule has 1 fully saturated rings. The molecule has 138 valence electrons. The lowest BCUT2D eigenvalue weighted by Gasteiger charge is -2.15. The van der Waals surface area contributed by atoms with Crippen molar-refractivity contribution < 1.29 is 4.79 Å². The average molecular weight is 327 g/mol. The second-order valence-corrected chi connectivity index (χ2v) is 7.86. The smallest absolute Gasteiger partial charge is 0.220 e. The summed E-state index contributed by atoms with van der Waals surface area (Å²) in [5.74, 6) is 1.68. The summed E-state index contributed by atoms with van der Waals surface area (Å²) in [6, 6.07) is 0.575. The Kier molecular flexibility index (Phi) is 14.6. The molecule has 0 spiro atoms. The number of nitrogens with one attached hydrogen (secondary N) is 2. The van der Waals surface area contributed by atoms with Crippen molar-refractivity contribution in [3.8, 4) is 0 Å². The van der Waals surface area contributed by atoms with E-state index < -0.39 is 0 Å². The highest BCUT2D eigenvalue weighted by molar-refractivity contribution is 5.75. The molecule has 0 aromatic carbocycles. The molecule has 2 N–H and O–H groups in total. The van der Waals surface area contributed by atoms with Gasteiger partial charge < -0.3 is 10.6 Å². The van der Waals surface area contributed by atoms with E-state index in [0.29, 0.717) is 18.4 Å². The largest absolute Gasteiger partial charge is 0.356 e. The third kappa shape index (κ3) is 17.6. The molecular formula is C20H42N2O. The van der Waals surface area contributed by atoms with Gasteiger partial charge in [0, 0.05) is 19.0 Å².